The summed E-state index contributed by atoms with van der Waals surface area (Å²) in [6.45, 7) is 4.23. The number of carbonyl (C=O) groups excluding carboxylic acids is 1. The zero-order valence-corrected chi connectivity index (χ0v) is 15.5. The highest BCUT2D eigenvalue weighted by Gasteiger charge is 2.18. The van der Waals surface area contributed by atoms with Crippen LogP contribution in [-0.4, -0.2) is 32.8 Å². The molecule has 0 aliphatic heterocycles. The summed E-state index contributed by atoms with van der Waals surface area (Å²) < 4.78 is 3.17. The van der Waals surface area contributed by atoms with Crippen molar-refractivity contribution in [2.75, 3.05) is 17.2 Å². The van der Waals surface area contributed by atoms with E-state index in [0.29, 0.717) is 6.54 Å². The molecule has 0 aliphatic rings. The Morgan fingerprint density at radius 3 is 2.73 bits per heavy atom. The van der Waals surface area contributed by atoms with Gasteiger partial charge in [-0.1, -0.05) is 59.5 Å². The van der Waals surface area contributed by atoms with Crippen LogP contribution in [0.3, 0.4) is 0 Å². The lowest BCUT2D eigenvalue weighted by Crippen LogP contribution is -2.32. The van der Waals surface area contributed by atoms with E-state index in [4.69, 9.17) is 0 Å². The molecule has 2 aromatic carbocycles. The van der Waals surface area contributed by atoms with Gasteiger partial charge in [-0.15, -0.1) is 16.8 Å². The summed E-state index contributed by atoms with van der Waals surface area (Å²) in [5, 5.41) is 9.23. The van der Waals surface area contributed by atoms with Crippen LogP contribution in [0.2, 0.25) is 0 Å². The number of anilines is 1. The highest BCUT2D eigenvalue weighted by Crippen LogP contribution is 2.29. The third-order valence-electron chi connectivity index (χ3n) is 3.92. The predicted octanol–water partition coefficient (Wildman–Crippen LogP) is 4.26. The van der Waals surface area contributed by atoms with E-state index in [9.17, 15) is 4.79 Å². The van der Waals surface area contributed by atoms with Gasteiger partial charge in [-0.25, -0.2) is 0 Å². The van der Waals surface area contributed by atoms with Crippen LogP contribution in [0.5, 0.6) is 0 Å². The second-order valence-electron chi connectivity index (χ2n) is 5.59. The molecule has 2 heterocycles. The zero-order valence-electron chi connectivity index (χ0n) is 13.9. The van der Waals surface area contributed by atoms with Gasteiger partial charge in [-0.3, -0.25) is 9.20 Å². The third-order valence-corrected chi connectivity index (χ3v) is 5.84. The van der Waals surface area contributed by atoms with Crippen molar-refractivity contribution in [1.29, 1.82) is 0 Å². The van der Waals surface area contributed by atoms with Crippen molar-refractivity contribution in [3.63, 3.8) is 0 Å². The minimum Gasteiger partial charge on any atom is -0.308 e. The maximum atomic E-state index is 12.8. The molecular formula is C19H16N4OS2. The van der Waals surface area contributed by atoms with Gasteiger partial charge >= 0.3 is 0 Å². The van der Waals surface area contributed by atoms with Crippen LogP contribution in [0.25, 0.3) is 15.2 Å². The zero-order chi connectivity index (χ0) is 17.9. The average Bonchev–Trinajstić information content (AvgIpc) is 3.24. The van der Waals surface area contributed by atoms with Crippen LogP contribution in [0.15, 0.2) is 72.4 Å². The second kappa shape index (κ2) is 7.31. The van der Waals surface area contributed by atoms with Gasteiger partial charge in [-0.2, -0.15) is 0 Å². The van der Waals surface area contributed by atoms with Crippen molar-refractivity contribution < 1.29 is 4.79 Å². The Morgan fingerprint density at radius 1 is 1.15 bits per heavy atom. The number of nitrogens with zero attached hydrogens (tertiary/aromatic N) is 4. The lowest BCUT2D eigenvalue weighted by Gasteiger charge is -2.20. The monoisotopic (exact) mass is 380 g/mol. The molecule has 0 radical (unpaired) electrons. The lowest BCUT2D eigenvalue weighted by atomic mass is 10.3. The first-order valence-electron chi connectivity index (χ1n) is 8.09. The third kappa shape index (κ3) is 3.11. The molecule has 0 atom stereocenters. The number of rotatable bonds is 6. The Kier molecular flexibility index (Phi) is 4.73. The molecular weight excluding hydrogens is 364 g/mol. The standard InChI is InChI=1S/C19H16N4OS2/c1-2-12-22(14-8-4-3-5-9-14)17(24)13-25-18-20-21-19-23(18)15-10-6-7-11-16(15)26-19/h2-11H,1,12-13H2. The molecule has 130 valence electrons. The fourth-order valence-corrected chi connectivity index (χ4v) is 4.59. The number of thioether (sulfide) groups is 1. The number of amides is 1. The number of aromatic nitrogens is 3. The van der Waals surface area contributed by atoms with Gasteiger partial charge in [0.1, 0.15) is 0 Å². The van der Waals surface area contributed by atoms with E-state index in [0.717, 1.165) is 26.0 Å². The predicted molar refractivity (Wildman–Crippen MR) is 108 cm³/mol. The molecule has 0 saturated carbocycles. The first-order valence-corrected chi connectivity index (χ1v) is 9.90. The highest BCUT2D eigenvalue weighted by atomic mass is 32.2. The highest BCUT2D eigenvalue weighted by molar-refractivity contribution is 7.99. The molecule has 7 heteroatoms. The number of benzene rings is 2. The lowest BCUT2D eigenvalue weighted by molar-refractivity contribution is -0.116. The maximum Gasteiger partial charge on any atom is 0.237 e. The molecule has 0 spiro atoms. The molecule has 0 bridgehead atoms. The summed E-state index contributed by atoms with van der Waals surface area (Å²) in [7, 11) is 0. The smallest absolute Gasteiger partial charge is 0.237 e. The van der Waals surface area contributed by atoms with Gasteiger partial charge in [0.25, 0.3) is 0 Å². The normalized spacial score (nSPS) is 11.1. The molecule has 26 heavy (non-hydrogen) atoms. The van der Waals surface area contributed by atoms with E-state index in [-0.39, 0.29) is 11.7 Å². The quantitative estimate of drug-likeness (QED) is 0.371. The van der Waals surface area contributed by atoms with Gasteiger partial charge in [0.2, 0.25) is 10.9 Å². The molecule has 0 fully saturated rings. The number of thiazole rings is 1. The summed E-state index contributed by atoms with van der Waals surface area (Å²) in [4.78, 5) is 15.3. The Bertz CT molecular complexity index is 1070. The molecule has 4 aromatic rings. The molecule has 2 aromatic heterocycles. The largest absolute Gasteiger partial charge is 0.308 e. The van der Waals surface area contributed by atoms with Crippen molar-refractivity contribution in [1.82, 2.24) is 14.6 Å². The number of carbonyl (C=O) groups is 1. The molecule has 4 rings (SSSR count). The van der Waals surface area contributed by atoms with E-state index >= 15 is 0 Å². The van der Waals surface area contributed by atoms with Crippen LogP contribution in [0.1, 0.15) is 0 Å². The number of fused-ring (bicyclic) bond motifs is 3. The summed E-state index contributed by atoms with van der Waals surface area (Å²) in [6.07, 6.45) is 1.73. The van der Waals surface area contributed by atoms with Gasteiger partial charge in [-0.05, 0) is 24.3 Å². The van der Waals surface area contributed by atoms with Crippen molar-refractivity contribution in [3.8, 4) is 0 Å². The molecule has 1 amide bonds. The Hall–Kier alpha value is -2.64. The van der Waals surface area contributed by atoms with Crippen LogP contribution in [0.4, 0.5) is 5.69 Å². The SMILES string of the molecule is C=CCN(C(=O)CSc1nnc2sc3ccccc3n12)c1ccccc1. The molecule has 0 unspecified atom stereocenters. The van der Waals surface area contributed by atoms with E-state index in [1.165, 1.54) is 11.8 Å². The van der Waals surface area contributed by atoms with Crippen molar-refractivity contribution >= 4 is 49.9 Å². The number of hydrogen-bond acceptors (Lipinski definition) is 5. The Balaban J connectivity index is 1.57. The van der Waals surface area contributed by atoms with Crippen LogP contribution in [-0.2, 0) is 4.79 Å². The van der Waals surface area contributed by atoms with Gasteiger partial charge < -0.3 is 4.90 Å². The van der Waals surface area contributed by atoms with E-state index in [1.54, 1.807) is 22.3 Å². The minimum atomic E-state index is 0.0115. The summed E-state index contributed by atoms with van der Waals surface area (Å²) >= 11 is 3.00. The second-order valence-corrected chi connectivity index (χ2v) is 7.54. The number of para-hydroxylation sites is 2. The molecule has 5 nitrogen and oxygen atoms in total. The van der Waals surface area contributed by atoms with Crippen LogP contribution in [0, 0.1) is 0 Å². The topological polar surface area (TPSA) is 50.5 Å². The van der Waals surface area contributed by atoms with E-state index < -0.39 is 0 Å². The van der Waals surface area contributed by atoms with Gasteiger partial charge in [0.05, 0.1) is 16.0 Å². The van der Waals surface area contributed by atoms with E-state index in [1.807, 2.05) is 52.9 Å². The van der Waals surface area contributed by atoms with Crippen LogP contribution < -0.4 is 4.90 Å². The van der Waals surface area contributed by atoms with Crippen molar-refractivity contribution in [2.45, 2.75) is 5.16 Å². The van der Waals surface area contributed by atoms with E-state index in [2.05, 4.69) is 22.8 Å². The molecule has 0 saturated heterocycles. The van der Waals surface area contributed by atoms with Crippen molar-refractivity contribution in [2.24, 2.45) is 0 Å². The van der Waals surface area contributed by atoms with Gasteiger partial charge in [0, 0.05) is 12.2 Å². The first-order chi connectivity index (χ1) is 12.8. The maximum absolute atomic E-state index is 12.8. The Labute approximate surface area is 159 Å². The Morgan fingerprint density at radius 2 is 1.92 bits per heavy atom. The first kappa shape index (κ1) is 16.8. The summed E-state index contributed by atoms with van der Waals surface area (Å²) in [6, 6.07) is 17.7. The van der Waals surface area contributed by atoms with Crippen LogP contribution >= 0.6 is 23.1 Å². The van der Waals surface area contributed by atoms with Gasteiger partial charge in [0.15, 0.2) is 5.16 Å². The summed E-state index contributed by atoms with van der Waals surface area (Å²) in [5.41, 5.74) is 1.93. The van der Waals surface area contributed by atoms with Crippen molar-refractivity contribution in [3.05, 3.63) is 67.3 Å². The number of hydrogen-bond donors (Lipinski definition) is 0. The molecule has 0 aliphatic carbocycles. The molecule has 0 N–H and O–H groups in total. The fraction of sp³-hybridized carbons (Fsp3) is 0.105. The average molecular weight is 380 g/mol. The minimum absolute atomic E-state index is 0.0115. The summed E-state index contributed by atoms with van der Waals surface area (Å²) in [5.74, 6) is 0.297. The fourth-order valence-electron chi connectivity index (χ4n) is 2.74.